The lowest BCUT2D eigenvalue weighted by Gasteiger charge is -2.20. The van der Waals surface area contributed by atoms with Crippen LogP contribution in [0.2, 0.25) is 0 Å². The topological polar surface area (TPSA) is 52.5 Å². The van der Waals surface area contributed by atoms with Crippen molar-refractivity contribution in [3.8, 4) is 5.75 Å². The number of ether oxygens (including phenoxy) is 2. The minimum absolute atomic E-state index is 0.0259. The van der Waals surface area contributed by atoms with Crippen LogP contribution in [-0.4, -0.2) is 29.4 Å². The number of fused-ring (bicyclic) bond motifs is 1. The van der Waals surface area contributed by atoms with Gasteiger partial charge in [0.05, 0.1) is 6.33 Å². The number of aromatic nitrogens is 1. The number of benzene rings is 1. The molecule has 0 saturated carbocycles. The number of nitrogens with one attached hydrogen (secondary N) is 1. The fraction of sp³-hybridized carbons (Fsp3) is 0.421. The highest BCUT2D eigenvalue weighted by molar-refractivity contribution is 5.82. The van der Waals surface area contributed by atoms with Crippen LogP contribution in [0.15, 0.2) is 36.2 Å². The molecule has 0 aliphatic carbocycles. The summed E-state index contributed by atoms with van der Waals surface area (Å²) in [6.07, 6.45) is -0.143. The zero-order valence-electron chi connectivity index (χ0n) is 15.4. The summed E-state index contributed by atoms with van der Waals surface area (Å²) in [5.74, 6) is 0.648. The lowest BCUT2D eigenvalue weighted by atomic mass is 10.2. The Bertz CT molecular complexity index is 788. The Morgan fingerprint density at radius 1 is 1.32 bits per heavy atom. The van der Waals surface area contributed by atoms with E-state index in [4.69, 9.17) is 9.47 Å². The molecule has 1 amide bonds. The third-order valence-corrected chi connectivity index (χ3v) is 3.69. The van der Waals surface area contributed by atoms with E-state index in [9.17, 15) is 9.18 Å². The maximum absolute atomic E-state index is 13.0. The van der Waals surface area contributed by atoms with Gasteiger partial charge in [-0.1, -0.05) is 0 Å². The Hall–Kier alpha value is -2.50. The summed E-state index contributed by atoms with van der Waals surface area (Å²) < 4.78 is 25.9. The van der Waals surface area contributed by atoms with Crippen LogP contribution in [0.1, 0.15) is 26.5 Å². The molecular weight excluding hydrogens is 323 g/mol. The van der Waals surface area contributed by atoms with Gasteiger partial charge in [-0.2, -0.15) is 0 Å². The molecule has 5 nitrogen and oxygen atoms in total. The van der Waals surface area contributed by atoms with E-state index in [2.05, 4.69) is 16.0 Å². The Kier molecular flexibility index (Phi) is 5.72. The van der Waals surface area contributed by atoms with Crippen molar-refractivity contribution < 1.29 is 18.7 Å². The van der Waals surface area contributed by atoms with Gasteiger partial charge in [0.15, 0.2) is 0 Å². The number of nitrogens with zero attached hydrogens (tertiary/aromatic N) is 1. The zero-order chi connectivity index (χ0) is 18.6. The number of carbonyl (C=O) groups excluding carboxylic acids is 1. The molecule has 1 aromatic carbocycles. The van der Waals surface area contributed by atoms with Crippen molar-refractivity contribution in [1.82, 2.24) is 9.88 Å². The summed E-state index contributed by atoms with van der Waals surface area (Å²) in [4.78, 5) is 11.6. The van der Waals surface area contributed by atoms with E-state index in [0.29, 0.717) is 17.7 Å². The van der Waals surface area contributed by atoms with Crippen LogP contribution in [-0.2, 0) is 11.8 Å². The molecule has 136 valence electrons. The fourth-order valence-electron chi connectivity index (χ4n) is 2.35. The normalized spacial score (nSPS) is 12.3. The largest absolute Gasteiger partial charge is 0.489 e. The van der Waals surface area contributed by atoms with E-state index in [-0.39, 0.29) is 13.2 Å². The molecule has 0 radical (unpaired) electrons. The quantitative estimate of drug-likeness (QED) is 0.879. The molecule has 2 rings (SSSR count). The van der Waals surface area contributed by atoms with E-state index in [0.717, 1.165) is 16.6 Å². The summed E-state index contributed by atoms with van der Waals surface area (Å²) in [6, 6.07) is 7.80. The van der Waals surface area contributed by atoms with Gasteiger partial charge in [-0.05, 0) is 52.0 Å². The molecule has 6 heteroatoms. The molecule has 2 aromatic rings. The van der Waals surface area contributed by atoms with Crippen molar-refractivity contribution >= 4 is 17.0 Å². The number of rotatable bonds is 5. The molecule has 0 unspecified atom stereocenters. The Morgan fingerprint density at radius 2 is 2.04 bits per heavy atom. The van der Waals surface area contributed by atoms with Gasteiger partial charge in [0.1, 0.15) is 18.0 Å². The van der Waals surface area contributed by atoms with Crippen molar-refractivity contribution in [2.45, 2.75) is 33.3 Å². The highest BCUT2D eigenvalue weighted by Crippen LogP contribution is 2.23. The van der Waals surface area contributed by atoms with Gasteiger partial charge >= 0.3 is 6.09 Å². The molecule has 0 bridgehead atoms. The van der Waals surface area contributed by atoms with Gasteiger partial charge in [0.25, 0.3) is 0 Å². The van der Waals surface area contributed by atoms with Gasteiger partial charge in [-0.25, -0.2) is 9.18 Å². The lowest BCUT2D eigenvalue weighted by Crippen LogP contribution is -2.34. The van der Waals surface area contributed by atoms with Crippen LogP contribution in [0.3, 0.4) is 0 Å². The first-order chi connectivity index (χ1) is 11.7. The summed E-state index contributed by atoms with van der Waals surface area (Å²) in [5.41, 5.74) is 1.98. The third kappa shape index (κ3) is 5.24. The van der Waals surface area contributed by atoms with E-state index >= 15 is 0 Å². The summed E-state index contributed by atoms with van der Waals surface area (Å²) in [5, 5.41) is 3.58. The molecule has 0 atom stereocenters. The molecular formula is C19H25FN2O3. The first kappa shape index (κ1) is 18.8. The van der Waals surface area contributed by atoms with E-state index in [1.54, 1.807) is 20.8 Å². The first-order valence-electron chi connectivity index (χ1n) is 8.13. The number of aryl methyl sites for hydroxylation is 2. The predicted octanol–water partition coefficient (Wildman–Crippen LogP) is 4.24. The Balaban J connectivity index is 1.91. The average molecular weight is 348 g/mol. The molecule has 1 heterocycles. The summed E-state index contributed by atoms with van der Waals surface area (Å²) >= 11 is 0. The first-order valence-corrected chi connectivity index (χ1v) is 8.13. The zero-order valence-corrected chi connectivity index (χ0v) is 15.4. The van der Waals surface area contributed by atoms with Crippen molar-refractivity contribution in [3.63, 3.8) is 0 Å². The highest BCUT2D eigenvalue weighted by Gasteiger charge is 2.16. The maximum atomic E-state index is 13.0. The van der Waals surface area contributed by atoms with Crippen LogP contribution in [0.25, 0.3) is 10.9 Å². The standard InChI is InChI=1S/C19H25FN2O3/c1-13-8-15-9-16(6-7-17(15)22(13)5)24-12-14(10-20)11-21-18(23)25-19(2,3)4/h6-10H,11-12H2,1-5H3,(H,21,23)/b14-10+. The van der Waals surface area contributed by atoms with Crippen LogP contribution in [0, 0.1) is 6.92 Å². The third-order valence-electron chi connectivity index (χ3n) is 3.69. The van der Waals surface area contributed by atoms with E-state index in [1.165, 1.54) is 0 Å². The van der Waals surface area contributed by atoms with E-state index < -0.39 is 11.7 Å². The van der Waals surface area contributed by atoms with Crippen molar-refractivity contribution in [2.24, 2.45) is 7.05 Å². The molecule has 0 saturated heterocycles. The molecule has 0 aliphatic rings. The second-order valence-electron chi connectivity index (χ2n) is 6.98. The number of alkyl carbamates (subject to hydrolysis) is 1. The van der Waals surface area contributed by atoms with Gasteiger partial charge in [0, 0.05) is 35.8 Å². The number of amides is 1. The smallest absolute Gasteiger partial charge is 0.407 e. The minimum Gasteiger partial charge on any atom is -0.489 e. The van der Waals surface area contributed by atoms with Crippen molar-refractivity contribution in [1.29, 1.82) is 0 Å². The predicted molar refractivity (Wildman–Crippen MR) is 96.6 cm³/mol. The lowest BCUT2D eigenvalue weighted by molar-refractivity contribution is 0.0531. The van der Waals surface area contributed by atoms with E-state index in [1.807, 2.05) is 32.2 Å². The number of carbonyl (C=O) groups is 1. The molecule has 25 heavy (non-hydrogen) atoms. The van der Waals surface area contributed by atoms with Crippen LogP contribution >= 0.6 is 0 Å². The van der Waals surface area contributed by atoms with Gasteiger partial charge in [0.2, 0.25) is 0 Å². The van der Waals surface area contributed by atoms with Crippen LogP contribution in [0.5, 0.6) is 5.75 Å². The average Bonchev–Trinajstić information content (AvgIpc) is 2.80. The maximum Gasteiger partial charge on any atom is 0.407 e. The molecule has 0 spiro atoms. The second-order valence-corrected chi connectivity index (χ2v) is 6.98. The van der Waals surface area contributed by atoms with Crippen LogP contribution < -0.4 is 10.1 Å². The second kappa shape index (κ2) is 7.59. The summed E-state index contributed by atoms with van der Waals surface area (Å²) in [7, 11) is 2.00. The monoisotopic (exact) mass is 348 g/mol. The molecule has 1 N–H and O–H groups in total. The SMILES string of the molecule is Cc1cc2cc(OC/C(=C/F)CNC(=O)OC(C)(C)C)ccc2n1C. The minimum atomic E-state index is -0.594. The number of halogens is 1. The van der Waals surface area contributed by atoms with Crippen LogP contribution in [0.4, 0.5) is 9.18 Å². The molecule has 0 fully saturated rings. The number of hydrogen-bond acceptors (Lipinski definition) is 3. The van der Waals surface area contributed by atoms with Gasteiger partial charge in [-0.3, -0.25) is 0 Å². The van der Waals surface area contributed by atoms with Crippen molar-refractivity contribution in [3.05, 3.63) is 41.9 Å². The number of hydrogen-bond donors (Lipinski definition) is 1. The molecule has 1 aromatic heterocycles. The van der Waals surface area contributed by atoms with Gasteiger partial charge in [-0.15, -0.1) is 0 Å². The van der Waals surface area contributed by atoms with Crippen molar-refractivity contribution in [2.75, 3.05) is 13.2 Å². The highest BCUT2D eigenvalue weighted by atomic mass is 19.1. The Morgan fingerprint density at radius 3 is 2.68 bits per heavy atom. The fourth-order valence-corrected chi connectivity index (χ4v) is 2.35. The molecule has 0 aliphatic heterocycles. The Labute approximate surface area is 147 Å². The van der Waals surface area contributed by atoms with Gasteiger partial charge < -0.3 is 19.4 Å². The summed E-state index contributed by atoms with van der Waals surface area (Å²) in [6.45, 7) is 7.41.